The van der Waals surface area contributed by atoms with Crippen LogP contribution in [0.1, 0.15) is 35.5 Å². The number of hydrogen-bond donors (Lipinski definition) is 0. The van der Waals surface area contributed by atoms with Gasteiger partial charge in [-0.05, 0) is 50.6 Å². The monoisotopic (exact) mass is 266 g/mol. The lowest BCUT2D eigenvalue weighted by Gasteiger charge is -2.26. The van der Waals surface area contributed by atoms with E-state index in [2.05, 4.69) is 19.1 Å². The lowest BCUT2D eigenvalue weighted by Crippen LogP contribution is -2.24. The Morgan fingerprint density at radius 2 is 1.20 bits per heavy atom. The van der Waals surface area contributed by atoms with E-state index in [0.29, 0.717) is 0 Å². The van der Waals surface area contributed by atoms with Gasteiger partial charge in [0.1, 0.15) is 28.5 Å². The lowest BCUT2D eigenvalue weighted by atomic mass is 9.78. The van der Waals surface area contributed by atoms with Gasteiger partial charge in [-0.3, -0.25) is 0 Å². The summed E-state index contributed by atoms with van der Waals surface area (Å²) in [5, 5.41) is 0. The number of furan rings is 2. The molecule has 0 aliphatic carbocycles. The fourth-order valence-corrected chi connectivity index (χ4v) is 2.58. The van der Waals surface area contributed by atoms with Crippen molar-refractivity contribution < 1.29 is 8.83 Å². The van der Waals surface area contributed by atoms with E-state index in [1.54, 1.807) is 0 Å². The van der Waals surface area contributed by atoms with Crippen LogP contribution in [0.5, 0.6) is 0 Å². The summed E-state index contributed by atoms with van der Waals surface area (Å²) in [6, 6.07) is 18.4. The van der Waals surface area contributed by atoms with E-state index in [0.717, 1.165) is 28.6 Å². The van der Waals surface area contributed by atoms with Crippen LogP contribution in [0, 0.1) is 13.8 Å². The Labute approximate surface area is 119 Å². The van der Waals surface area contributed by atoms with Gasteiger partial charge in [0.15, 0.2) is 0 Å². The van der Waals surface area contributed by atoms with Crippen molar-refractivity contribution in [3.63, 3.8) is 0 Å². The molecule has 0 saturated heterocycles. The molecule has 0 radical (unpaired) electrons. The Kier molecular flexibility index (Phi) is 3.01. The average molecular weight is 266 g/mol. The SMILES string of the molecule is Cc1ccc(C(C)(c2ccccc2)c2ccc(C)o2)o1. The Morgan fingerprint density at radius 1 is 0.700 bits per heavy atom. The number of hydrogen-bond acceptors (Lipinski definition) is 2. The minimum Gasteiger partial charge on any atom is -0.465 e. The van der Waals surface area contributed by atoms with Crippen molar-refractivity contribution in [2.24, 2.45) is 0 Å². The molecule has 3 rings (SSSR count). The molecule has 0 bridgehead atoms. The first-order chi connectivity index (χ1) is 9.60. The van der Waals surface area contributed by atoms with E-state index in [9.17, 15) is 0 Å². The molecule has 1 aromatic carbocycles. The van der Waals surface area contributed by atoms with E-state index < -0.39 is 5.41 Å². The van der Waals surface area contributed by atoms with Gasteiger partial charge in [-0.25, -0.2) is 0 Å². The molecule has 0 aliphatic heterocycles. The van der Waals surface area contributed by atoms with Gasteiger partial charge in [-0.2, -0.15) is 0 Å². The van der Waals surface area contributed by atoms with Crippen LogP contribution in [0.15, 0.2) is 63.4 Å². The van der Waals surface area contributed by atoms with Crippen LogP contribution in [0.2, 0.25) is 0 Å². The summed E-state index contributed by atoms with van der Waals surface area (Å²) in [5.41, 5.74) is 0.743. The first-order valence-electron chi connectivity index (χ1n) is 6.80. The molecule has 0 N–H and O–H groups in total. The van der Waals surface area contributed by atoms with Crippen molar-refractivity contribution >= 4 is 0 Å². The van der Waals surface area contributed by atoms with Crippen molar-refractivity contribution in [2.45, 2.75) is 26.2 Å². The second kappa shape index (κ2) is 4.71. The zero-order valence-electron chi connectivity index (χ0n) is 12.0. The van der Waals surface area contributed by atoms with Crippen LogP contribution in [0.25, 0.3) is 0 Å². The maximum Gasteiger partial charge on any atom is 0.122 e. The second-order valence-electron chi connectivity index (χ2n) is 5.31. The van der Waals surface area contributed by atoms with Crippen molar-refractivity contribution in [3.8, 4) is 0 Å². The van der Waals surface area contributed by atoms with Crippen molar-refractivity contribution in [1.29, 1.82) is 0 Å². The molecule has 2 nitrogen and oxygen atoms in total. The highest BCUT2D eigenvalue weighted by atomic mass is 16.4. The third-order valence-corrected chi connectivity index (χ3v) is 3.82. The summed E-state index contributed by atoms with van der Waals surface area (Å²) < 4.78 is 11.8. The molecule has 2 aromatic heterocycles. The third kappa shape index (κ3) is 1.97. The molecule has 0 amide bonds. The van der Waals surface area contributed by atoms with Gasteiger partial charge in [-0.15, -0.1) is 0 Å². The summed E-state index contributed by atoms with van der Waals surface area (Å²) in [6.07, 6.45) is 0. The van der Waals surface area contributed by atoms with Gasteiger partial charge in [0.2, 0.25) is 0 Å². The maximum absolute atomic E-state index is 5.91. The molecule has 0 spiro atoms. The van der Waals surface area contributed by atoms with Crippen LogP contribution >= 0.6 is 0 Å². The van der Waals surface area contributed by atoms with Crippen LogP contribution in [-0.2, 0) is 5.41 Å². The average Bonchev–Trinajstić information content (AvgIpc) is 3.08. The molecule has 20 heavy (non-hydrogen) atoms. The predicted molar refractivity (Wildman–Crippen MR) is 78.9 cm³/mol. The van der Waals surface area contributed by atoms with E-state index in [-0.39, 0.29) is 0 Å². The second-order valence-corrected chi connectivity index (χ2v) is 5.31. The smallest absolute Gasteiger partial charge is 0.122 e. The minimum absolute atomic E-state index is 0.413. The van der Waals surface area contributed by atoms with Crippen molar-refractivity contribution in [3.05, 3.63) is 83.2 Å². The molecular weight excluding hydrogens is 248 g/mol. The Bertz CT molecular complexity index is 664. The lowest BCUT2D eigenvalue weighted by molar-refractivity contribution is 0.367. The first kappa shape index (κ1) is 12.8. The highest BCUT2D eigenvalue weighted by Gasteiger charge is 2.37. The Hall–Kier alpha value is -2.22. The number of rotatable bonds is 3. The van der Waals surface area contributed by atoms with Crippen LogP contribution in [0.4, 0.5) is 0 Å². The summed E-state index contributed by atoms with van der Waals surface area (Å²) in [6.45, 7) is 6.06. The standard InChI is InChI=1S/C18H18O2/c1-13-9-11-16(19-13)18(3,15-7-5-4-6-8-15)17-12-10-14(2)20-17/h4-12H,1-3H3. The summed E-state index contributed by atoms with van der Waals surface area (Å²) in [7, 11) is 0. The van der Waals surface area contributed by atoms with E-state index in [1.807, 2.05) is 56.3 Å². The first-order valence-corrected chi connectivity index (χ1v) is 6.80. The van der Waals surface area contributed by atoms with Crippen LogP contribution in [0.3, 0.4) is 0 Å². The van der Waals surface area contributed by atoms with Crippen LogP contribution < -0.4 is 0 Å². The summed E-state index contributed by atoms with van der Waals surface area (Å²) >= 11 is 0. The van der Waals surface area contributed by atoms with Crippen molar-refractivity contribution in [1.82, 2.24) is 0 Å². The quantitative estimate of drug-likeness (QED) is 0.677. The molecule has 0 saturated carbocycles. The van der Waals surface area contributed by atoms with Gasteiger partial charge < -0.3 is 8.83 Å². The summed E-state index contributed by atoms with van der Waals surface area (Å²) in [5.74, 6) is 3.61. The predicted octanol–water partition coefficient (Wildman–Crippen LogP) is 4.84. The third-order valence-electron chi connectivity index (χ3n) is 3.82. The normalized spacial score (nSPS) is 11.8. The number of benzene rings is 1. The molecule has 0 fully saturated rings. The largest absolute Gasteiger partial charge is 0.465 e. The zero-order valence-corrected chi connectivity index (χ0v) is 12.0. The van der Waals surface area contributed by atoms with E-state index >= 15 is 0 Å². The molecule has 2 heterocycles. The van der Waals surface area contributed by atoms with Gasteiger partial charge in [0.05, 0.1) is 0 Å². The molecule has 0 aliphatic rings. The van der Waals surface area contributed by atoms with Gasteiger partial charge >= 0.3 is 0 Å². The van der Waals surface area contributed by atoms with E-state index in [4.69, 9.17) is 8.83 Å². The van der Waals surface area contributed by atoms with E-state index in [1.165, 1.54) is 0 Å². The molecule has 0 unspecified atom stereocenters. The maximum atomic E-state index is 5.91. The van der Waals surface area contributed by atoms with Gasteiger partial charge in [0, 0.05) is 0 Å². The Morgan fingerprint density at radius 3 is 1.60 bits per heavy atom. The topological polar surface area (TPSA) is 26.3 Å². The fraction of sp³-hybridized carbons (Fsp3) is 0.222. The fourth-order valence-electron chi connectivity index (χ4n) is 2.58. The molecule has 0 atom stereocenters. The van der Waals surface area contributed by atoms with Gasteiger partial charge in [0.25, 0.3) is 0 Å². The Balaban J connectivity index is 2.22. The molecule has 3 aromatic rings. The minimum atomic E-state index is -0.413. The molecule has 2 heteroatoms. The highest BCUT2D eigenvalue weighted by molar-refractivity contribution is 5.43. The van der Waals surface area contributed by atoms with Gasteiger partial charge in [-0.1, -0.05) is 30.3 Å². The van der Waals surface area contributed by atoms with Crippen molar-refractivity contribution in [2.75, 3.05) is 0 Å². The molecule has 102 valence electrons. The highest BCUT2D eigenvalue weighted by Crippen LogP contribution is 2.40. The molecular formula is C18H18O2. The zero-order chi connectivity index (χ0) is 14.2. The summed E-state index contributed by atoms with van der Waals surface area (Å²) in [4.78, 5) is 0. The number of aryl methyl sites for hydroxylation is 2. The van der Waals surface area contributed by atoms with Crippen LogP contribution in [-0.4, -0.2) is 0 Å².